The maximum Gasteiger partial charge on any atom is 0.321 e. The Bertz CT molecular complexity index is 644. The summed E-state index contributed by atoms with van der Waals surface area (Å²) >= 11 is 7.20. The molecule has 0 unspecified atom stereocenters. The molecule has 0 bridgehead atoms. The predicted molar refractivity (Wildman–Crippen MR) is 78.5 cm³/mol. The standard InChI is InChI=1S/C12H12ClN3O3S/c13-7-3-4-8-9(6-7)20-12(15-8)16-11(19)14-5-1-2-10(17)18/h3-4,6H,1-2,5H2,(H,17,18)(H2,14,15,16,19). The van der Waals surface area contributed by atoms with E-state index in [4.69, 9.17) is 16.7 Å². The van der Waals surface area contributed by atoms with Crippen molar-refractivity contribution in [1.82, 2.24) is 10.3 Å². The van der Waals surface area contributed by atoms with Gasteiger partial charge in [0.15, 0.2) is 5.13 Å². The number of amides is 2. The van der Waals surface area contributed by atoms with Gasteiger partial charge in [0.1, 0.15) is 0 Å². The monoisotopic (exact) mass is 313 g/mol. The first-order valence-electron chi connectivity index (χ1n) is 5.87. The molecule has 2 rings (SSSR count). The maximum atomic E-state index is 11.6. The molecule has 3 N–H and O–H groups in total. The summed E-state index contributed by atoms with van der Waals surface area (Å²) in [6.07, 6.45) is 0.415. The second kappa shape index (κ2) is 6.53. The Labute approximate surface area is 123 Å². The van der Waals surface area contributed by atoms with Gasteiger partial charge in [-0.1, -0.05) is 22.9 Å². The van der Waals surface area contributed by atoms with E-state index in [1.165, 1.54) is 11.3 Å². The molecule has 0 spiro atoms. The minimum Gasteiger partial charge on any atom is -0.481 e. The number of aliphatic carboxylic acids is 1. The Hall–Kier alpha value is -1.86. The number of benzene rings is 1. The van der Waals surface area contributed by atoms with Crippen LogP contribution in [0.15, 0.2) is 18.2 Å². The van der Waals surface area contributed by atoms with Crippen LogP contribution in [0.25, 0.3) is 10.2 Å². The molecule has 0 aliphatic rings. The minimum atomic E-state index is -0.879. The second-order valence-electron chi connectivity index (χ2n) is 4.01. The molecule has 1 aromatic heterocycles. The van der Waals surface area contributed by atoms with Crippen LogP contribution < -0.4 is 10.6 Å². The summed E-state index contributed by atoms with van der Waals surface area (Å²) in [6.45, 7) is 0.300. The summed E-state index contributed by atoms with van der Waals surface area (Å²) in [5, 5.41) is 14.7. The number of hydrogen-bond donors (Lipinski definition) is 3. The number of rotatable bonds is 5. The number of aromatic nitrogens is 1. The average molecular weight is 314 g/mol. The van der Waals surface area contributed by atoms with Crippen LogP contribution in [0.1, 0.15) is 12.8 Å². The first-order valence-corrected chi connectivity index (χ1v) is 7.07. The third kappa shape index (κ3) is 4.07. The molecule has 0 saturated carbocycles. The largest absolute Gasteiger partial charge is 0.481 e. The number of carboxylic acids is 1. The van der Waals surface area contributed by atoms with Crippen LogP contribution in [0.5, 0.6) is 0 Å². The van der Waals surface area contributed by atoms with Crippen LogP contribution in [-0.2, 0) is 4.79 Å². The molecular weight excluding hydrogens is 302 g/mol. The predicted octanol–water partition coefficient (Wildman–Crippen LogP) is 2.94. The Balaban J connectivity index is 1.88. The molecule has 1 heterocycles. The molecule has 106 valence electrons. The molecule has 8 heteroatoms. The number of halogens is 1. The van der Waals surface area contributed by atoms with E-state index in [1.807, 2.05) is 0 Å². The van der Waals surface area contributed by atoms with Gasteiger partial charge in [-0.25, -0.2) is 9.78 Å². The first kappa shape index (κ1) is 14.5. The molecule has 2 amide bonds. The lowest BCUT2D eigenvalue weighted by molar-refractivity contribution is -0.137. The third-order valence-electron chi connectivity index (χ3n) is 2.42. The van der Waals surface area contributed by atoms with E-state index in [1.54, 1.807) is 18.2 Å². The zero-order valence-electron chi connectivity index (χ0n) is 10.4. The van der Waals surface area contributed by atoms with Crippen molar-refractivity contribution in [3.8, 4) is 0 Å². The van der Waals surface area contributed by atoms with E-state index in [9.17, 15) is 9.59 Å². The number of thiazole rings is 1. The Morgan fingerprint density at radius 2 is 2.20 bits per heavy atom. The Morgan fingerprint density at radius 3 is 2.95 bits per heavy atom. The van der Waals surface area contributed by atoms with Crippen molar-refractivity contribution in [3.63, 3.8) is 0 Å². The Kier molecular flexibility index (Phi) is 4.75. The molecule has 1 aromatic carbocycles. The molecule has 0 saturated heterocycles. The molecule has 0 radical (unpaired) electrons. The lowest BCUT2D eigenvalue weighted by Crippen LogP contribution is -2.29. The fourth-order valence-electron chi connectivity index (χ4n) is 1.53. The molecule has 0 atom stereocenters. The van der Waals surface area contributed by atoms with Gasteiger partial charge in [-0.2, -0.15) is 0 Å². The summed E-state index contributed by atoms with van der Waals surface area (Å²) in [7, 11) is 0. The highest BCUT2D eigenvalue weighted by Crippen LogP contribution is 2.28. The lowest BCUT2D eigenvalue weighted by atomic mass is 10.3. The van der Waals surface area contributed by atoms with Crippen LogP contribution in [0.3, 0.4) is 0 Å². The molecule has 6 nitrogen and oxygen atoms in total. The maximum absolute atomic E-state index is 11.6. The molecule has 2 aromatic rings. The average Bonchev–Trinajstić information content (AvgIpc) is 2.75. The fourth-order valence-corrected chi connectivity index (χ4v) is 2.67. The number of anilines is 1. The van der Waals surface area contributed by atoms with Crippen molar-refractivity contribution in [2.75, 3.05) is 11.9 Å². The third-order valence-corrected chi connectivity index (χ3v) is 3.59. The van der Waals surface area contributed by atoms with Gasteiger partial charge in [-0.15, -0.1) is 0 Å². The van der Waals surface area contributed by atoms with Gasteiger partial charge in [0.05, 0.1) is 10.2 Å². The SMILES string of the molecule is O=C(O)CCCNC(=O)Nc1nc2ccc(Cl)cc2s1. The van der Waals surface area contributed by atoms with Crippen molar-refractivity contribution in [2.24, 2.45) is 0 Å². The van der Waals surface area contributed by atoms with E-state index in [2.05, 4.69) is 15.6 Å². The van der Waals surface area contributed by atoms with Gasteiger partial charge in [-0.05, 0) is 24.6 Å². The summed E-state index contributed by atoms with van der Waals surface area (Å²) < 4.78 is 0.888. The highest BCUT2D eigenvalue weighted by Gasteiger charge is 2.07. The van der Waals surface area contributed by atoms with E-state index < -0.39 is 12.0 Å². The van der Waals surface area contributed by atoms with Gasteiger partial charge in [0, 0.05) is 18.0 Å². The molecule has 0 fully saturated rings. The van der Waals surface area contributed by atoms with Crippen molar-refractivity contribution in [3.05, 3.63) is 23.2 Å². The van der Waals surface area contributed by atoms with Crippen LogP contribution >= 0.6 is 22.9 Å². The summed E-state index contributed by atoms with van der Waals surface area (Å²) in [4.78, 5) is 26.1. The van der Waals surface area contributed by atoms with Crippen molar-refractivity contribution in [2.45, 2.75) is 12.8 Å². The Morgan fingerprint density at radius 1 is 1.40 bits per heavy atom. The van der Waals surface area contributed by atoms with Gasteiger partial charge in [0.2, 0.25) is 0 Å². The van der Waals surface area contributed by atoms with Crippen molar-refractivity contribution < 1.29 is 14.7 Å². The number of carbonyl (C=O) groups excluding carboxylic acids is 1. The highest BCUT2D eigenvalue weighted by molar-refractivity contribution is 7.22. The number of nitrogens with one attached hydrogen (secondary N) is 2. The smallest absolute Gasteiger partial charge is 0.321 e. The van der Waals surface area contributed by atoms with Crippen molar-refractivity contribution >= 4 is 50.3 Å². The molecule has 20 heavy (non-hydrogen) atoms. The van der Waals surface area contributed by atoms with Gasteiger partial charge in [0.25, 0.3) is 0 Å². The second-order valence-corrected chi connectivity index (χ2v) is 5.48. The summed E-state index contributed by atoms with van der Waals surface area (Å²) in [5.74, 6) is -0.879. The van der Waals surface area contributed by atoms with E-state index >= 15 is 0 Å². The zero-order chi connectivity index (χ0) is 14.5. The number of carboxylic acid groups (broad SMARTS) is 1. The number of carbonyl (C=O) groups is 2. The van der Waals surface area contributed by atoms with Gasteiger partial charge < -0.3 is 10.4 Å². The molecular formula is C12H12ClN3O3S. The fraction of sp³-hybridized carbons (Fsp3) is 0.250. The van der Waals surface area contributed by atoms with Crippen LogP contribution in [0.2, 0.25) is 5.02 Å². The van der Waals surface area contributed by atoms with Crippen LogP contribution in [-0.4, -0.2) is 28.6 Å². The zero-order valence-corrected chi connectivity index (χ0v) is 11.9. The highest BCUT2D eigenvalue weighted by atomic mass is 35.5. The number of fused-ring (bicyclic) bond motifs is 1. The number of hydrogen-bond acceptors (Lipinski definition) is 4. The normalized spacial score (nSPS) is 10.4. The topological polar surface area (TPSA) is 91.3 Å². The number of urea groups is 1. The summed E-state index contributed by atoms with van der Waals surface area (Å²) in [6, 6.07) is 4.90. The quantitative estimate of drug-likeness (QED) is 0.740. The van der Waals surface area contributed by atoms with Crippen molar-refractivity contribution in [1.29, 1.82) is 0 Å². The molecule has 0 aliphatic heterocycles. The first-order chi connectivity index (χ1) is 9.54. The summed E-state index contributed by atoms with van der Waals surface area (Å²) in [5.41, 5.74) is 0.764. The van der Waals surface area contributed by atoms with Crippen LogP contribution in [0, 0.1) is 0 Å². The van der Waals surface area contributed by atoms with E-state index in [-0.39, 0.29) is 6.42 Å². The van der Waals surface area contributed by atoms with E-state index in [0.717, 1.165) is 10.2 Å². The van der Waals surface area contributed by atoms with E-state index in [0.29, 0.717) is 23.1 Å². The lowest BCUT2D eigenvalue weighted by Gasteiger charge is -2.03. The van der Waals surface area contributed by atoms with Crippen LogP contribution in [0.4, 0.5) is 9.93 Å². The minimum absolute atomic E-state index is 0.0277. The number of nitrogens with zero attached hydrogens (tertiary/aromatic N) is 1. The molecule has 0 aliphatic carbocycles. The van der Waals surface area contributed by atoms with Gasteiger partial charge in [-0.3, -0.25) is 10.1 Å². The van der Waals surface area contributed by atoms with Gasteiger partial charge >= 0.3 is 12.0 Å².